The Morgan fingerprint density at radius 2 is 2.19 bits per heavy atom. The first-order valence-electron chi connectivity index (χ1n) is 6.32. The molecule has 1 aliphatic heterocycles. The van der Waals surface area contributed by atoms with Crippen molar-refractivity contribution in [2.45, 2.75) is 17.2 Å². The number of nitrogens with one attached hydrogen (secondary N) is 1. The molecule has 0 bridgehead atoms. The van der Waals surface area contributed by atoms with Crippen molar-refractivity contribution in [3.8, 4) is 0 Å². The van der Waals surface area contributed by atoms with Crippen molar-refractivity contribution in [1.29, 1.82) is 0 Å². The van der Waals surface area contributed by atoms with E-state index in [9.17, 15) is 13.2 Å². The Morgan fingerprint density at radius 1 is 1.43 bits per heavy atom. The summed E-state index contributed by atoms with van der Waals surface area (Å²) in [5.74, 6) is -1.29. The molecular weight excluding hydrogens is 294 g/mol. The van der Waals surface area contributed by atoms with Gasteiger partial charge in [0.15, 0.2) is 0 Å². The Kier molecular flexibility index (Phi) is 3.17. The van der Waals surface area contributed by atoms with Crippen LogP contribution in [-0.2, 0) is 14.8 Å². The molecule has 1 aromatic heterocycles. The molecule has 2 N–H and O–H groups in total. The first-order valence-corrected chi connectivity index (χ1v) is 7.76. The molecule has 0 aliphatic carbocycles. The van der Waals surface area contributed by atoms with Gasteiger partial charge in [0.2, 0.25) is 0 Å². The summed E-state index contributed by atoms with van der Waals surface area (Å²) in [6.45, 7) is 0.124. The highest BCUT2D eigenvalue weighted by Gasteiger charge is 2.37. The lowest BCUT2D eigenvalue weighted by molar-refractivity contribution is -0.137. The first-order chi connectivity index (χ1) is 10.00. The summed E-state index contributed by atoms with van der Waals surface area (Å²) in [5, 5.41) is 15.1. The van der Waals surface area contributed by atoms with Crippen molar-refractivity contribution in [3.63, 3.8) is 0 Å². The van der Waals surface area contributed by atoms with Gasteiger partial charge in [-0.1, -0.05) is 18.2 Å². The lowest BCUT2D eigenvalue weighted by Crippen LogP contribution is -2.30. The number of aromatic nitrogens is 2. The van der Waals surface area contributed by atoms with Gasteiger partial charge in [-0.2, -0.15) is 5.10 Å². The van der Waals surface area contributed by atoms with Crippen LogP contribution in [0.25, 0.3) is 0 Å². The number of carboxylic acids is 1. The normalized spacial score (nSPS) is 17.7. The minimum Gasteiger partial charge on any atom is -0.481 e. The van der Waals surface area contributed by atoms with Gasteiger partial charge in [-0.3, -0.25) is 14.2 Å². The van der Waals surface area contributed by atoms with E-state index in [-0.39, 0.29) is 23.8 Å². The van der Waals surface area contributed by atoms with Crippen LogP contribution in [0.15, 0.2) is 41.6 Å². The summed E-state index contributed by atoms with van der Waals surface area (Å²) in [5.41, 5.74) is 1.27. The second-order valence-corrected chi connectivity index (χ2v) is 6.69. The van der Waals surface area contributed by atoms with Crippen LogP contribution in [0, 0.1) is 0 Å². The number of para-hydroxylation sites is 1. The number of nitrogens with zero attached hydrogens (tertiary/aromatic N) is 2. The van der Waals surface area contributed by atoms with Crippen LogP contribution >= 0.6 is 0 Å². The van der Waals surface area contributed by atoms with Crippen molar-refractivity contribution in [2.75, 3.05) is 10.8 Å². The number of hydrogen-bond acceptors (Lipinski definition) is 4. The molecular formula is C13H13N3O4S. The number of sulfonamides is 1. The number of aliphatic carboxylic acids is 1. The average molecular weight is 307 g/mol. The minimum absolute atomic E-state index is 0.0632. The lowest BCUT2D eigenvalue weighted by Gasteiger charge is -2.18. The maximum Gasteiger partial charge on any atom is 0.304 e. The number of H-pyrrole nitrogens is 1. The molecule has 110 valence electrons. The summed E-state index contributed by atoms with van der Waals surface area (Å²) in [6, 6.07) is 6.98. The van der Waals surface area contributed by atoms with Crippen LogP contribution in [0.5, 0.6) is 0 Å². The van der Waals surface area contributed by atoms with Crippen molar-refractivity contribution < 1.29 is 18.3 Å². The average Bonchev–Trinajstić information content (AvgIpc) is 3.07. The molecule has 2 heterocycles. The number of carbonyl (C=O) groups is 1. The molecule has 8 heteroatoms. The third-order valence-electron chi connectivity index (χ3n) is 3.51. The van der Waals surface area contributed by atoms with Crippen molar-refractivity contribution in [2.24, 2.45) is 0 Å². The highest BCUT2D eigenvalue weighted by Crippen LogP contribution is 2.40. The zero-order valence-corrected chi connectivity index (χ0v) is 11.7. The van der Waals surface area contributed by atoms with Gasteiger partial charge in [-0.05, 0) is 11.6 Å². The molecule has 21 heavy (non-hydrogen) atoms. The highest BCUT2D eigenvalue weighted by atomic mass is 32.2. The highest BCUT2D eigenvalue weighted by molar-refractivity contribution is 7.92. The Balaban J connectivity index is 2.04. The zero-order chi connectivity index (χ0) is 15.0. The van der Waals surface area contributed by atoms with E-state index in [0.29, 0.717) is 5.69 Å². The van der Waals surface area contributed by atoms with E-state index in [0.717, 1.165) is 5.56 Å². The predicted molar refractivity (Wildman–Crippen MR) is 74.6 cm³/mol. The number of aromatic amines is 1. The fourth-order valence-corrected chi connectivity index (χ4v) is 4.02. The third-order valence-corrected chi connectivity index (χ3v) is 5.26. The monoisotopic (exact) mass is 307 g/mol. The van der Waals surface area contributed by atoms with Gasteiger partial charge < -0.3 is 5.11 Å². The van der Waals surface area contributed by atoms with Gasteiger partial charge in [-0.15, -0.1) is 0 Å². The number of rotatable bonds is 4. The molecule has 1 aromatic carbocycles. The van der Waals surface area contributed by atoms with Gasteiger partial charge >= 0.3 is 5.97 Å². The summed E-state index contributed by atoms with van der Waals surface area (Å²) >= 11 is 0. The SMILES string of the molecule is O=C(O)C[C@@H]1CN(S(=O)(=O)c2cn[nH]c2)c2ccccc21. The summed E-state index contributed by atoms with van der Waals surface area (Å²) < 4.78 is 26.5. The van der Waals surface area contributed by atoms with Crippen molar-refractivity contribution in [1.82, 2.24) is 10.2 Å². The molecule has 0 saturated carbocycles. The molecule has 7 nitrogen and oxygen atoms in total. The van der Waals surface area contributed by atoms with Gasteiger partial charge in [-0.25, -0.2) is 8.42 Å². The maximum atomic E-state index is 12.6. The van der Waals surface area contributed by atoms with E-state index in [1.54, 1.807) is 24.3 Å². The molecule has 0 saturated heterocycles. The summed E-state index contributed by atoms with van der Waals surface area (Å²) in [4.78, 5) is 11.0. The topological polar surface area (TPSA) is 103 Å². The second-order valence-electron chi connectivity index (χ2n) is 4.82. The molecule has 1 atom stereocenters. The standard InChI is InChI=1S/C13H13N3O4S/c17-13(18)5-9-8-16(12-4-2-1-3-11(9)12)21(19,20)10-6-14-15-7-10/h1-4,6-7,9H,5,8H2,(H,14,15)(H,17,18)/t9-/m1/s1. The molecule has 1 aliphatic rings. The van der Waals surface area contributed by atoms with Crippen molar-refractivity contribution >= 4 is 21.7 Å². The van der Waals surface area contributed by atoms with Crippen LogP contribution in [0.2, 0.25) is 0 Å². The predicted octanol–water partition coefficient (Wildman–Crippen LogP) is 1.18. The number of anilines is 1. The number of benzene rings is 1. The van der Waals surface area contributed by atoms with E-state index >= 15 is 0 Å². The largest absolute Gasteiger partial charge is 0.481 e. The number of carboxylic acid groups (broad SMARTS) is 1. The molecule has 0 fully saturated rings. The lowest BCUT2D eigenvalue weighted by atomic mass is 9.98. The molecule has 0 radical (unpaired) electrons. The van der Waals surface area contributed by atoms with Gasteiger partial charge in [0.05, 0.1) is 18.3 Å². The number of fused-ring (bicyclic) bond motifs is 1. The quantitative estimate of drug-likeness (QED) is 0.882. The van der Waals surface area contributed by atoms with E-state index in [1.165, 1.54) is 16.7 Å². The summed E-state index contributed by atoms with van der Waals surface area (Å²) in [6.07, 6.45) is 2.44. The smallest absolute Gasteiger partial charge is 0.304 e. The third kappa shape index (κ3) is 2.27. The Morgan fingerprint density at radius 3 is 2.86 bits per heavy atom. The van der Waals surface area contributed by atoms with Crippen LogP contribution in [0.1, 0.15) is 17.9 Å². The fraction of sp³-hybridized carbons (Fsp3) is 0.231. The van der Waals surface area contributed by atoms with E-state index in [1.807, 2.05) is 0 Å². The zero-order valence-electron chi connectivity index (χ0n) is 10.9. The van der Waals surface area contributed by atoms with Crippen molar-refractivity contribution in [3.05, 3.63) is 42.2 Å². The number of hydrogen-bond donors (Lipinski definition) is 2. The van der Waals surface area contributed by atoms with Gasteiger partial charge in [0, 0.05) is 18.7 Å². The molecule has 0 amide bonds. The van der Waals surface area contributed by atoms with Crippen LogP contribution in [-0.4, -0.2) is 36.2 Å². The molecule has 0 spiro atoms. The van der Waals surface area contributed by atoms with Crippen LogP contribution in [0.3, 0.4) is 0 Å². The Hall–Kier alpha value is -2.35. The molecule has 3 rings (SSSR count). The van der Waals surface area contributed by atoms with Gasteiger partial charge in [0.25, 0.3) is 10.0 Å². The van der Waals surface area contributed by atoms with E-state index < -0.39 is 16.0 Å². The minimum atomic E-state index is -3.73. The van der Waals surface area contributed by atoms with E-state index in [2.05, 4.69) is 10.2 Å². The second kappa shape index (κ2) is 4.88. The molecule has 0 unspecified atom stereocenters. The van der Waals surface area contributed by atoms with E-state index in [4.69, 9.17) is 5.11 Å². The van der Waals surface area contributed by atoms with Crippen LogP contribution < -0.4 is 4.31 Å². The fourth-order valence-electron chi connectivity index (χ4n) is 2.58. The van der Waals surface area contributed by atoms with Gasteiger partial charge in [0.1, 0.15) is 4.90 Å². The molecule has 2 aromatic rings. The summed E-state index contributed by atoms with van der Waals surface area (Å²) in [7, 11) is -3.73. The van der Waals surface area contributed by atoms with Crippen LogP contribution in [0.4, 0.5) is 5.69 Å². The Bertz CT molecular complexity index is 770. The maximum absolute atomic E-state index is 12.6. The first kappa shape index (κ1) is 13.6. The Labute approximate surface area is 121 Å².